The second-order valence-corrected chi connectivity index (χ2v) is 3.70. The lowest BCUT2D eigenvalue weighted by Crippen LogP contribution is -1.94. The van der Waals surface area contributed by atoms with E-state index in [2.05, 4.69) is 26.0 Å². The van der Waals surface area contributed by atoms with Crippen molar-refractivity contribution in [2.75, 3.05) is 0 Å². The molecular weight excluding hydrogens is 144 g/mol. The van der Waals surface area contributed by atoms with Gasteiger partial charge in [-0.25, -0.2) is 0 Å². The maximum atomic E-state index is 2.35. The molecule has 0 fully saturated rings. The second kappa shape index (κ2) is 5.18. The first-order valence-electron chi connectivity index (χ1n) is 5.19. The Bertz CT molecular complexity index is 184. The van der Waals surface area contributed by atoms with E-state index in [1.54, 1.807) is 11.1 Å². The van der Waals surface area contributed by atoms with E-state index in [1.807, 2.05) is 0 Å². The summed E-state index contributed by atoms with van der Waals surface area (Å²) in [6.07, 6.45) is 12.6. The highest BCUT2D eigenvalue weighted by atomic mass is 14.1. The van der Waals surface area contributed by atoms with Gasteiger partial charge in [0.15, 0.2) is 0 Å². The second-order valence-electron chi connectivity index (χ2n) is 3.70. The molecule has 0 saturated heterocycles. The van der Waals surface area contributed by atoms with Crippen LogP contribution in [0.15, 0.2) is 23.3 Å². The van der Waals surface area contributed by atoms with Gasteiger partial charge in [0.05, 0.1) is 0 Å². The van der Waals surface area contributed by atoms with Crippen LogP contribution in [0.25, 0.3) is 0 Å². The van der Waals surface area contributed by atoms with Crippen LogP contribution < -0.4 is 0 Å². The van der Waals surface area contributed by atoms with E-state index in [1.165, 1.54) is 38.5 Å². The fourth-order valence-corrected chi connectivity index (χ4v) is 1.70. The Morgan fingerprint density at radius 1 is 1.25 bits per heavy atom. The first-order chi connectivity index (χ1) is 5.84. The lowest BCUT2D eigenvalue weighted by molar-refractivity contribution is 0.682. The molecule has 0 aliphatic heterocycles. The number of rotatable bonds is 3. The molecule has 1 aliphatic carbocycles. The quantitative estimate of drug-likeness (QED) is 0.585. The van der Waals surface area contributed by atoms with Crippen molar-refractivity contribution >= 4 is 0 Å². The number of hydrogen-bond donors (Lipinski definition) is 0. The summed E-state index contributed by atoms with van der Waals surface area (Å²) < 4.78 is 0. The minimum atomic E-state index is 1.23. The van der Waals surface area contributed by atoms with Crippen LogP contribution in [0.3, 0.4) is 0 Å². The molecule has 0 bridgehead atoms. The van der Waals surface area contributed by atoms with E-state index in [4.69, 9.17) is 0 Å². The van der Waals surface area contributed by atoms with E-state index in [-0.39, 0.29) is 0 Å². The van der Waals surface area contributed by atoms with Crippen LogP contribution in [0, 0.1) is 0 Å². The normalized spacial score (nSPS) is 19.2. The zero-order chi connectivity index (χ0) is 8.81. The molecule has 0 aromatic carbocycles. The molecule has 0 N–H and O–H groups in total. The third-order valence-corrected chi connectivity index (χ3v) is 2.57. The molecule has 0 heterocycles. The highest BCUT2D eigenvalue weighted by Crippen LogP contribution is 2.24. The fourth-order valence-electron chi connectivity index (χ4n) is 1.70. The lowest BCUT2D eigenvalue weighted by atomic mass is 9.92. The molecule has 0 aromatic rings. The van der Waals surface area contributed by atoms with Gasteiger partial charge in [0, 0.05) is 0 Å². The predicted molar refractivity (Wildman–Crippen MR) is 55.2 cm³/mol. The van der Waals surface area contributed by atoms with E-state index in [0.29, 0.717) is 0 Å². The Hall–Kier alpha value is -0.520. The van der Waals surface area contributed by atoms with Crippen molar-refractivity contribution in [1.82, 2.24) is 0 Å². The van der Waals surface area contributed by atoms with Crippen molar-refractivity contribution in [3.05, 3.63) is 23.3 Å². The average Bonchev–Trinajstić information content (AvgIpc) is 2.09. The van der Waals surface area contributed by atoms with Crippen molar-refractivity contribution in [3.63, 3.8) is 0 Å². The predicted octanol–water partition coefficient (Wildman–Crippen LogP) is 4.23. The minimum absolute atomic E-state index is 1.23. The lowest BCUT2D eigenvalue weighted by Gasteiger charge is -2.14. The van der Waals surface area contributed by atoms with E-state index >= 15 is 0 Å². The molecule has 0 atom stereocenters. The highest BCUT2D eigenvalue weighted by Gasteiger charge is 2.05. The fraction of sp³-hybridized carbons (Fsp3) is 0.667. The molecule has 12 heavy (non-hydrogen) atoms. The SMILES string of the molecule is CCCC=CC1=C(C)CCCC1. The van der Waals surface area contributed by atoms with Crippen LogP contribution in [0.5, 0.6) is 0 Å². The summed E-state index contributed by atoms with van der Waals surface area (Å²) in [5.74, 6) is 0. The Morgan fingerprint density at radius 2 is 2.00 bits per heavy atom. The standard InChI is InChI=1S/C12H20/c1-3-4-5-9-12-10-7-6-8-11(12)2/h5,9H,3-4,6-8,10H2,1-2H3. The van der Waals surface area contributed by atoms with Crippen molar-refractivity contribution in [1.29, 1.82) is 0 Å². The highest BCUT2D eigenvalue weighted by molar-refractivity contribution is 5.26. The minimum Gasteiger partial charge on any atom is -0.0843 e. The monoisotopic (exact) mass is 164 g/mol. The molecular formula is C12H20. The molecule has 0 saturated carbocycles. The molecule has 0 heteroatoms. The Labute approximate surface area is 76.4 Å². The molecule has 1 rings (SSSR count). The van der Waals surface area contributed by atoms with Crippen LogP contribution in [-0.2, 0) is 0 Å². The number of unbranched alkanes of at least 4 members (excludes halogenated alkanes) is 1. The molecule has 0 nitrogen and oxygen atoms in total. The smallest absolute Gasteiger partial charge is 0.0279 e. The van der Waals surface area contributed by atoms with Gasteiger partial charge in [-0.3, -0.25) is 0 Å². The van der Waals surface area contributed by atoms with Gasteiger partial charge in [0.25, 0.3) is 0 Å². The summed E-state index contributed by atoms with van der Waals surface area (Å²) in [5, 5.41) is 0. The van der Waals surface area contributed by atoms with Gasteiger partial charge in [0.1, 0.15) is 0 Å². The van der Waals surface area contributed by atoms with Crippen LogP contribution >= 0.6 is 0 Å². The van der Waals surface area contributed by atoms with Crippen LogP contribution in [0.1, 0.15) is 52.4 Å². The summed E-state index contributed by atoms with van der Waals surface area (Å²) in [5.41, 5.74) is 3.23. The van der Waals surface area contributed by atoms with Gasteiger partial charge in [-0.2, -0.15) is 0 Å². The Kier molecular flexibility index (Phi) is 4.13. The molecule has 0 spiro atoms. The third kappa shape index (κ3) is 2.84. The van der Waals surface area contributed by atoms with Crippen LogP contribution in [0.2, 0.25) is 0 Å². The van der Waals surface area contributed by atoms with Gasteiger partial charge in [-0.1, -0.05) is 31.1 Å². The van der Waals surface area contributed by atoms with Crippen molar-refractivity contribution in [2.45, 2.75) is 52.4 Å². The Morgan fingerprint density at radius 3 is 2.67 bits per heavy atom. The topological polar surface area (TPSA) is 0 Å². The summed E-state index contributed by atoms with van der Waals surface area (Å²) in [4.78, 5) is 0. The first-order valence-corrected chi connectivity index (χ1v) is 5.19. The van der Waals surface area contributed by atoms with Crippen molar-refractivity contribution < 1.29 is 0 Å². The number of allylic oxidation sites excluding steroid dienone is 4. The Balaban J connectivity index is 2.48. The third-order valence-electron chi connectivity index (χ3n) is 2.57. The van der Waals surface area contributed by atoms with E-state index < -0.39 is 0 Å². The summed E-state index contributed by atoms with van der Waals surface area (Å²) >= 11 is 0. The van der Waals surface area contributed by atoms with Gasteiger partial charge in [0.2, 0.25) is 0 Å². The molecule has 0 aromatic heterocycles. The van der Waals surface area contributed by atoms with Crippen LogP contribution in [-0.4, -0.2) is 0 Å². The van der Waals surface area contributed by atoms with E-state index in [0.717, 1.165) is 0 Å². The van der Waals surface area contributed by atoms with Crippen molar-refractivity contribution in [2.24, 2.45) is 0 Å². The van der Waals surface area contributed by atoms with Crippen molar-refractivity contribution in [3.8, 4) is 0 Å². The summed E-state index contributed by atoms with van der Waals surface area (Å²) in [6.45, 7) is 4.51. The van der Waals surface area contributed by atoms with Gasteiger partial charge < -0.3 is 0 Å². The van der Waals surface area contributed by atoms with Gasteiger partial charge in [-0.05, 0) is 44.6 Å². The van der Waals surface area contributed by atoms with Crippen LogP contribution in [0.4, 0.5) is 0 Å². The summed E-state index contributed by atoms with van der Waals surface area (Å²) in [7, 11) is 0. The molecule has 1 aliphatic rings. The molecule has 0 amide bonds. The zero-order valence-electron chi connectivity index (χ0n) is 8.40. The maximum Gasteiger partial charge on any atom is -0.0279 e. The molecule has 68 valence electrons. The maximum absolute atomic E-state index is 2.35. The largest absolute Gasteiger partial charge is 0.0843 e. The zero-order valence-corrected chi connectivity index (χ0v) is 8.40. The number of hydrogen-bond acceptors (Lipinski definition) is 0. The van der Waals surface area contributed by atoms with E-state index in [9.17, 15) is 0 Å². The van der Waals surface area contributed by atoms with Gasteiger partial charge >= 0.3 is 0 Å². The average molecular weight is 164 g/mol. The first kappa shape index (κ1) is 9.57. The molecule has 0 unspecified atom stereocenters. The van der Waals surface area contributed by atoms with Gasteiger partial charge in [-0.15, -0.1) is 0 Å². The molecule has 0 radical (unpaired) electrons. The summed E-state index contributed by atoms with van der Waals surface area (Å²) in [6, 6.07) is 0.